The molecule has 0 fully saturated rings. The van der Waals surface area contributed by atoms with Crippen LogP contribution in [0.25, 0.3) is 11.1 Å². The Morgan fingerprint density at radius 3 is 2.11 bits per heavy atom. The lowest BCUT2D eigenvalue weighted by Crippen LogP contribution is -2.18. The number of nitrogens with one attached hydrogen (secondary N) is 1. The molecule has 3 heteroatoms. The number of ether oxygens (including phenoxy) is 1. The van der Waals surface area contributed by atoms with E-state index in [4.69, 9.17) is 16.3 Å². The van der Waals surface area contributed by atoms with Crippen molar-refractivity contribution >= 4 is 11.6 Å². The first kappa shape index (κ1) is 14.1. The van der Waals surface area contributed by atoms with Crippen LogP contribution in [0.1, 0.15) is 5.56 Å². The summed E-state index contributed by atoms with van der Waals surface area (Å²) < 4.78 is 4.99. The topological polar surface area (TPSA) is 21.3 Å². The lowest BCUT2D eigenvalue weighted by atomic mass is 10.0. The number of benzene rings is 2. The summed E-state index contributed by atoms with van der Waals surface area (Å²) in [6, 6.07) is 16.5. The second-order valence-electron chi connectivity index (χ2n) is 4.37. The fraction of sp³-hybridized carbons (Fsp3) is 0.250. The van der Waals surface area contributed by atoms with Crippen molar-refractivity contribution in [2.45, 2.75) is 6.54 Å². The van der Waals surface area contributed by atoms with E-state index in [1.165, 1.54) is 16.7 Å². The number of hydrogen-bond acceptors (Lipinski definition) is 2. The molecule has 0 spiro atoms. The fourth-order valence-corrected chi connectivity index (χ4v) is 1.99. The highest BCUT2D eigenvalue weighted by Gasteiger charge is 1.98. The van der Waals surface area contributed by atoms with E-state index < -0.39 is 0 Å². The Kier molecular flexibility index (Phi) is 5.40. The minimum atomic E-state index is 0.739. The average molecular weight is 276 g/mol. The normalized spacial score (nSPS) is 10.6. The molecule has 0 saturated heterocycles. The van der Waals surface area contributed by atoms with Gasteiger partial charge in [-0.25, -0.2) is 0 Å². The first-order valence-corrected chi connectivity index (χ1v) is 6.72. The lowest BCUT2D eigenvalue weighted by molar-refractivity contribution is 0.199. The van der Waals surface area contributed by atoms with Crippen LogP contribution in [0.4, 0.5) is 0 Å². The van der Waals surface area contributed by atoms with Crippen molar-refractivity contribution in [1.82, 2.24) is 5.32 Å². The SMILES string of the molecule is COCCNCc1ccc(-c2ccc(Cl)cc2)cc1. The molecule has 2 nitrogen and oxygen atoms in total. The number of hydrogen-bond donors (Lipinski definition) is 1. The molecule has 0 amide bonds. The van der Waals surface area contributed by atoms with Gasteiger partial charge < -0.3 is 10.1 Å². The van der Waals surface area contributed by atoms with Gasteiger partial charge in [0.2, 0.25) is 0 Å². The highest BCUT2D eigenvalue weighted by atomic mass is 35.5. The van der Waals surface area contributed by atoms with Crippen LogP contribution in [-0.2, 0) is 11.3 Å². The van der Waals surface area contributed by atoms with Gasteiger partial charge in [0, 0.05) is 25.2 Å². The second-order valence-corrected chi connectivity index (χ2v) is 4.81. The van der Waals surface area contributed by atoms with Crippen molar-refractivity contribution in [2.24, 2.45) is 0 Å². The Bertz CT molecular complexity index is 493. The summed E-state index contributed by atoms with van der Waals surface area (Å²) >= 11 is 5.89. The molecule has 0 aliphatic carbocycles. The van der Waals surface area contributed by atoms with E-state index in [2.05, 4.69) is 29.6 Å². The zero-order valence-electron chi connectivity index (χ0n) is 11.0. The van der Waals surface area contributed by atoms with Crippen LogP contribution in [0.5, 0.6) is 0 Å². The lowest BCUT2D eigenvalue weighted by Gasteiger charge is -2.06. The van der Waals surface area contributed by atoms with Crippen molar-refractivity contribution in [3.63, 3.8) is 0 Å². The summed E-state index contributed by atoms with van der Waals surface area (Å²) in [4.78, 5) is 0. The molecule has 19 heavy (non-hydrogen) atoms. The summed E-state index contributed by atoms with van der Waals surface area (Å²) in [7, 11) is 1.71. The molecule has 1 N–H and O–H groups in total. The van der Waals surface area contributed by atoms with E-state index in [9.17, 15) is 0 Å². The van der Waals surface area contributed by atoms with Gasteiger partial charge >= 0.3 is 0 Å². The van der Waals surface area contributed by atoms with E-state index in [0.29, 0.717) is 0 Å². The van der Waals surface area contributed by atoms with Gasteiger partial charge in [-0.15, -0.1) is 0 Å². The smallest absolute Gasteiger partial charge is 0.0587 e. The van der Waals surface area contributed by atoms with Crippen LogP contribution in [-0.4, -0.2) is 20.3 Å². The second kappa shape index (κ2) is 7.29. The van der Waals surface area contributed by atoms with Gasteiger partial charge in [0.05, 0.1) is 6.61 Å². The van der Waals surface area contributed by atoms with E-state index in [1.54, 1.807) is 7.11 Å². The molecular weight excluding hydrogens is 258 g/mol. The van der Waals surface area contributed by atoms with Crippen LogP contribution in [0.15, 0.2) is 48.5 Å². The van der Waals surface area contributed by atoms with Crippen molar-refractivity contribution in [1.29, 1.82) is 0 Å². The summed E-state index contributed by atoms with van der Waals surface area (Å²) in [5.41, 5.74) is 3.66. The molecule has 0 aromatic heterocycles. The van der Waals surface area contributed by atoms with Gasteiger partial charge in [-0.1, -0.05) is 48.0 Å². The Balaban J connectivity index is 1.96. The molecule has 0 radical (unpaired) electrons. The maximum Gasteiger partial charge on any atom is 0.0587 e. The van der Waals surface area contributed by atoms with Crippen LogP contribution < -0.4 is 5.32 Å². The van der Waals surface area contributed by atoms with Gasteiger partial charge in [-0.2, -0.15) is 0 Å². The number of rotatable bonds is 6. The maximum absolute atomic E-state index is 5.89. The van der Waals surface area contributed by atoms with Gasteiger partial charge in [0.15, 0.2) is 0 Å². The van der Waals surface area contributed by atoms with Crippen molar-refractivity contribution in [2.75, 3.05) is 20.3 Å². The van der Waals surface area contributed by atoms with Crippen LogP contribution in [0, 0.1) is 0 Å². The molecule has 0 heterocycles. The van der Waals surface area contributed by atoms with E-state index in [0.717, 1.165) is 24.7 Å². The molecule has 0 bridgehead atoms. The molecule has 0 aliphatic rings. The molecule has 0 saturated carbocycles. The number of halogens is 1. The minimum Gasteiger partial charge on any atom is -0.383 e. The van der Waals surface area contributed by atoms with Crippen molar-refractivity contribution in [3.05, 3.63) is 59.1 Å². The van der Waals surface area contributed by atoms with Crippen LogP contribution in [0.3, 0.4) is 0 Å². The van der Waals surface area contributed by atoms with Crippen molar-refractivity contribution < 1.29 is 4.74 Å². The standard InChI is InChI=1S/C16H18ClNO/c1-19-11-10-18-12-13-2-4-14(5-3-13)15-6-8-16(17)9-7-15/h2-9,18H,10-12H2,1H3. The summed E-state index contributed by atoms with van der Waals surface area (Å²) in [5, 5.41) is 4.09. The highest BCUT2D eigenvalue weighted by Crippen LogP contribution is 2.21. The van der Waals surface area contributed by atoms with Crippen molar-refractivity contribution in [3.8, 4) is 11.1 Å². The molecule has 0 unspecified atom stereocenters. The Morgan fingerprint density at radius 2 is 1.53 bits per heavy atom. The van der Waals surface area contributed by atoms with Crippen LogP contribution in [0.2, 0.25) is 5.02 Å². The third-order valence-corrected chi connectivity index (χ3v) is 3.20. The molecule has 0 aliphatic heterocycles. The van der Waals surface area contributed by atoms with Gasteiger partial charge in [0.25, 0.3) is 0 Å². The summed E-state index contributed by atoms with van der Waals surface area (Å²) in [6.07, 6.45) is 0. The Hall–Kier alpha value is -1.35. The van der Waals surface area contributed by atoms with E-state index >= 15 is 0 Å². The quantitative estimate of drug-likeness (QED) is 0.811. The Labute approximate surface area is 119 Å². The predicted octanol–water partition coefficient (Wildman–Crippen LogP) is 3.74. The monoisotopic (exact) mass is 275 g/mol. The largest absolute Gasteiger partial charge is 0.383 e. The predicted molar refractivity (Wildman–Crippen MR) is 80.5 cm³/mol. The van der Waals surface area contributed by atoms with Crippen LogP contribution >= 0.6 is 11.6 Å². The molecule has 2 rings (SSSR count). The Morgan fingerprint density at radius 1 is 0.947 bits per heavy atom. The highest BCUT2D eigenvalue weighted by molar-refractivity contribution is 6.30. The molecule has 2 aromatic rings. The third kappa shape index (κ3) is 4.35. The average Bonchev–Trinajstić information content (AvgIpc) is 2.45. The molecular formula is C16H18ClNO. The third-order valence-electron chi connectivity index (χ3n) is 2.94. The van der Waals surface area contributed by atoms with Gasteiger partial charge in [0.1, 0.15) is 0 Å². The van der Waals surface area contributed by atoms with E-state index in [-0.39, 0.29) is 0 Å². The van der Waals surface area contributed by atoms with E-state index in [1.807, 2.05) is 24.3 Å². The zero-order valence-corrected chi connectivity index (χ0v) is 11.8. The molecule has 0 atom stereocenters. The molecule has 100 valence electrons. The maximum atomic E-state index is 5.89. The summed E-state index contributed by atoms with van der Waals surface area (Å²) in [5.74, 6) is 0. The fourth-order valence-electron chi connectivity index (χ4n) is 1.86. The number of methoxy groups -OCH3 is 1. The zero-order chi connectivity index (χ0) is 13.5. The summed E-state index contributed by atoms with van der Waals surface area (Å²) in [6.45, 7) is 2.47. The first-order chi connectivity index (χ1) is 9.29. The minimum absolute atomic E-state index is 0.739. The molecule has 2 aromatic carbocycles. The van der Waals surface area contributed by atoms with Gasteiger partial charge in [-0.05, 0) is 28.8 Å². The van der Waals surface area contributed by atoms with Gasteiger partial charge in [-0.3, -0.25) is 0 Å². The first-order valence-electron chi connectivity index (χ1n) is 6.34.